The number of cyclic esters (lactones) is 1. The molecule has 3 aromatic rings. The lowest BCUT2D eigenvalue weighted by Gasteiger charge is -2.25. The van der Waals surface area contributed by atoms with Gasteiger partial charge in [-0.2, -0.15) is 5.26 Å². The second-order valence-corrected chi connectivity index (χ2v) is 7.70. The quantitative estimate of drug-likeness (QED) is 0.614. The number of esters is 2. The molecule has 2 aromatic carbocycles. The van der Waals surface area contributed by atoms with Crippen LogP contribution in [0.15, 0.2) is 60.0 Å². The third-order valence-electron chi connectivity index (χ3n) is 4.76. The molecule has 7 nitrogen and oxygen atoms in total. The summed E-state index contributed by atoms with van der Waals surface area (Å²) >= 11 is 1.21. The number of rotatable bonds is 5. The number of ether oxygens (including phenoxy) is 2. The fourth-order valence-corrected chi connectivity index (χ4v) is 4.00. The molecule has 2 heterocycles. The van der Waals surface area contributed by atoms with Crippen molar-refractivity contribution in [2.45, 2.75) is 12.5 Å². The second kappa shape index (κ2) is 8.81. The number of nitrogens with one attached hydrogen (secondary N) is 1. The average Bonchev–Trinajstić information content (AvgIpc) is 3.24. The van der Waals surface area contributed by atoms with E-state index in [4.69, 9.17) is 14.7 Å². The second-order valence-electron chi connectivity index (χ2n) is 6.78. The molecule has 1 amide bonds. The van der Waals surface area contributed by atoms with Gasteiger partial charge in [-0.3, -0.25) is 4.79 Å². The van der Waals surface area contributed by atoms with Crippen LogP contribution < -0.4 is 5.32 Å². The van der Waals surface area contributed by atoms with Gasteiger partial charge in [0.2, 0.25) is 0 Å². The van der Waals surface area contributed by atoms with Crippen LogP contribution in [0.4, 0.5) is 5.00 Å². The summed E-state index contributed by atoms with van der Waals surface area (Å²) in [6.07, 6.45) is 0.000486. The molecule has 0 unspecified atom stereocenters. The number of thiophene rings is 1. The van der Waals surface area contributed by atoms with Crippen molar-refractivity contribution in [2.75, 3.05) is 11.9 Å². The van der Waals surface area contributed by atoms with Crippen molar-refractivity contribution >= 4 is 34.2 Å². The van der Waals surface area contributed by atoms with Gasteiger partial charge in [-0.15, -0.1) is 11.3 Å². The molecule has 1 aliphatic rings. The first kappa shape index (κ1) is 20.3. The Balaban J connectivity index is 1.42. The Morgan fingerprint density at radius 1 is 1.19 bits per heavy atom. The van der Waals surface area contributed by atoms with Crippen LogP contribution >= 0.6 is 11.3 Å². The molecule has 154 valence electrons. The molecular weight excluding hydrogens is 416 g/mol. The number of hydrogen-bond acceptors (Lipinski definition) is 7. The predicted octanol–water partition coefficient (Wildman–Crippen LogP) is 3.87. The van der Waals surface area contributed by atoms with Crippen LogP contribution in [0.3, 0.4) is 0 Å². The van der Waals surface area contributed by atoms with Gasteiger partial charge in [0.15, 0.2) is 6.61 Å². The van der Waals surface area contributed by atoms with Gasteiger partial charge in [0.1, 0.15) is 17.2 Å². The zero-order valence-electron chi connectivity index (χ0n) is 16.2. The number of benzene rings is 2. The summed E-state index contributed by atoms with van der Waals surface area (Å²) in [5.74, 6) is -1.67. The minimum Gasteiger partial charge on any atom is -0.454 e. The van der Waals surface area contributed by atoms with Gasteiger partial charge in [-0.25, -0.2) is 9.59 Å². The van der Waals surface area contributed by atoms with Crippen molar-refractivity contribution in [3.8, 4) is 6.07 Å². The smallest absolute Gasteiger partial charge is 0.339 e. The number of hydrogen-bond donors (Lipinski definition) is 1. The highest BCUT2D eigenvalue weighted by molar-refractivity contribution is 7.14. The Morgan fingerprint density at radius 3 is 2.77 bits per heavy atom. The molecule has 8 heteroatoms. The summed E-state index contributed by atoms with van der Waals surface area (Å²) in [4.78, 5) is 36.8. The molecule has 0 saturated carbocycles. The number of nitriles is 1. The van der Waals surface area contributed by atoms with Gasteiger partial charge in [-0.05, 0) is 40.8 Å². The summed E-state index contributed by atoms with van der Waals surface area (Å²) in [5, 5.41) is 13.6. The SMILES string of the molecule is N#Cc1ccsc1NC(=O)COC(=O)c1ccc2c(c1)C[C@H](c1ccccc1)OC2=O. The molecule has 1 aromatic heterocycles. The van der Waals surface area contributed by atoms with Gasteiger partial charge in [0.05, 0.1) is 16.7 Å². The number of carbonyl (C=O) groups is 3. The lowest BCUT2D eigenvalue weighted by atomic mass is 9.93. The van der Waals surface area contributed by atoms with E-state index in [1.54, 1.807) is 17.5 Å². The molecule has 0 saturated heterocycles. The van der Waals surface area contributed by atoms with Crippen LogP contribution in [0.5, 0.6) is 0 Å². The Bertz CT molecular complexity index is 1200. The predicted molar refractivity (Wildman–Crippen MR) is 113 cm³/mol. The molecule has 0 fully saturated rings. The minimum atomic E-state index is -0.681. The highest BCUT2D eigenvalue weighted by atomic mass is 32.1. The van der Waals surface area contributed by atoms with Crippen molar-refractivity contribution in [1.82, 2.24) is 0 Å². The summed E-state index contributed by atoms with van der Waals surface area (Å²) in [6, 6.07) is 17.5. The topological polar surface area (TPSA) is 105 Å². The van der Waals surface area contributed by atoms with Crippen molar-refractivity contribution in [3.05, 3.63) is 87.8 Å². The normalized spacial score (nSPS) is 14.7. The Kier molecular flexibility index (Phi) is 5.78. The molecule has 0 bridgehead atoms. The van der Waals surface area contributed by atoms with Gasteiger partial charge < -0.3 is 14.8 Å². The Hall–Kier alpha value is -3.96. The van der Waals surface area contributed by atoms with E-state index >= 15 is 0 Å². The molecule has 4 rings (SSSR count). The largest absolute Gasteiger partial charge is 0.454 e. The zero-order valence-corrected chi connectivity index (χ0v) is 17.0. The molecule has 1 N–H and O–H groups in total. The van der Waals surface area contributed by atoms with Crippen LogP contribution in [0, 0.1) is 11.3 Å². The maximum atomic E-state index is 12.4. The van der Waals surface area contributed by atoms with Crippen molar-refractivity contribution < 1.29 is 23.9 Å². The fraction of sp³-hybridized carbons (Fsp3) is 0.130. The third kappa shape index (κ3) is 4.47. The molecule has 0 spiro atoms. The maximum Gasteiger partial charge on any atom is 0.339 e. The Labute approximate surface area is 181 Å². The number of nitrogens with zero attached hydrogens (tertiary/aromatic N) is 1. The molecule has 1 aliphatic heterocycles. The zero-order chi connectivity index (χ0) is 21.8. The van der Waals surface area contributed by atoms with Crippen molar-refractivity contribution in [2.24, 2.45) is 0 Å². The van der Waals surface area contributed by atoms with E-state index in [-0.39, 0.29) is 5.56 Å². The van der Waals surface area contributed by atoms with Crippen molar-refractivity contribution in [3.63, 3.8) is 0 Å². The van der Waals surface area contributed by atoms with Gasteiger partial charge >= 0.3 is 11.9 Å². The highest BCUT2D eigenvalue weighted by Gasteiger charge is 2.28. The van der Waals surface area contributed by atoms with Gasteiger partial charge in [0, 0.05) is 6.42 Å². The van der Waals surface area contributed by atoms with E-state index in [2.05, 4.69) is 5.32 Å². The number of carbonyl (C=O) groups excluding carboxylic acids is 3. The first-order chi connectivity index (χ1) is 15.0. The first-order valence-electron chi connectivity index (χ1n) is 9.38. The van der Waals surface area contributed by atoms with Crippen LogP contribution in [-0.4, -0.2) is 24.5 Å². The van der Waals surface area contributed by atoms with E-state index in [9.17, 15) is 14.4 Å². The van der Waals surface area contributed by atoms with Gasteiger partial charge in [0.25, 0.3) is 5.91 Å². The molecule has 31 heavy (non-hydrogen) atoms. The monoisotopic (exact) mass is 432 g/mol. The van der Waals surface area contributed by atoms with E-state index in [0.29, 0.717) is 28.1 Å². The van der Waals surface area contributed by atoms with Crippen molar-refractivity contribution in [1.29, 1.82) is 5.26 Å². The third-order valence-corrected chi connectivity index (χ3v) is 5.59. The summed E-state index contributed by atoms with van der Waals surface area (Å²) in [5.41, 5.74) is 2.54. The molecular formula is C23H16N2O5S. The van der Waals surface area contributed by atoms with Crippen LogP contribution in [0.25, 0.3) is 0 Å². The maximum absolute atomic E-state index is 12.4. The lowest BCUT2D eigenvalue weighted by molar-refractivity contribution is -0.119. The number of anilines is 1. The molecule has 0 aliphatic carbocycles. The summed E-state index contributed by atoms with van der Waals surface area (Å²) in [7, 11) is 0. The number of fused-ring (bicyclic) bond motifs is 1. The van der Waals surface area contributed by atoms with E-state index < -0.39 is 30.6 Å². The standard InChI is InChI=1S/C23H16N2O5S/c24-12-16-8-9-31-21(16)25-20(26)13-29-22(27)15-6-7-18-17(10-15)11-19(30-23(18)28)14-4-2-1-3-5-14/h1-10,19H,11,13H2,(H,25,26)/t19-/m1/s1. The fourth-order valence-electron chi connectivity index (χ4n) is 3.25. The van der Waals surface area contributed by atoms with E-state index in [1.165, 1.54) is 23.5 Å². The summed E-state index contributed by atoms with van der Waals surface area (Å²) in [6.45, 7) is -0.493. The average molecular weight is 432 g/mol. The number of amides is 1. The minimum absolute atomic E-state index is 0.238. The van der Waals surface area contributed by atoms with Crippen LogP contribution in [0.1, 0.15) is 43.5 Å². The van der Waals surface area contributed by atoms with E-state index in [0.717, 1.165) is 5.56 Å². The molecule has 0 radical (unpaired) electrons. The Morgan fingerprint density at radius 2 is 2.00 bits per heavy atom. The summed E-state index contributed by atoms with van der Waals surface area (Å²) < 4.78 is 10.6. The lowest BCUT2D eigenvalue weighted by Crippen LogP contribution is -2.23. The highest BCUT2D eigenvalue weighted by Crippen LogP contribution is 2.31. The van der Waals surface area contributed by atoms with Crippen LogP contribution in [0.2, 0.25) is 0 Å². The van der Waals surface area contributed by atoms with E-state index in [1.807, 2.05) is 36.4 Å². The molecule has 1 atom stereocenters. The first-order valence-corrected chi connectivity index (χ1v) is 10.3. The van der Waals surface area contributed by atoms with Gasteiger partial charge in [-0.1, -0.05) is 30.3 Å². The van der Waals surface area contributed by atoms with Crippen LogP contribution in [-0.2, 0) is 20.7 Å².